The van der Waals surface area contributed by atoms with Crippen LogP contribution in [-0.2, 0) is 10.3 Å². The molecule has 90 valence electrons. The summed E-state index contributed by atoms with van der Waals surface area (Å²) >= 11 is 0. The first-order valence-electron chi connectivity index (χ1n) is 4.97. The predicted octanol–water partition coefficient (Wildman–Crippen LogP) is 1.98. The van der Waals surface area contributed by atoms with E-state index < -0.39 is 10.3 Å². The number of nitrogens with zero attached hydrogens (tertiary/aromatic N) is 1. The molecule has 4 nitrogen and oxygen atoms in total. The van der Waals surface area contributed by atoms with Gasteiger partial charge in [-0.25, -0.2) is 4.31 Å². The van der Waals surface area contributed by atoms with E-state index in [0.717, 1.165) is 4.31 Å². The van der Waals surface area contributed by atoms with Crippen LogP contribution in [0.5, 0.6) is 0 Å². The zero-order valence-electron chi connectivity index (χ0n) is 8.89. The molecular weight excluding hydrogens is 261 g/mol. The standard InChI is InChI=1S/C12H11NO3S.Na.H/c14-17(15,16)13(11-7-3-1-4-8-11)12-9-5-2-6-10-12;;/h1-10H,(H,14,15,16);;. The van der Waals surface area contributed by atoms with Gasteiger partial charge < -0.3 is 0 Å². The topological polar surface area (TPSA) is 57.6 Å². The van der Waals surface area contributed by atoms with Crippen LogP contribution in [-0.4, -0.2) is 42.5 Å². The summed E-state index contributed by atoms with van der Waals surface area (Å²) in [5.74, 6) is 0. The van der Waals surface area contributed by atoms with Crippen LogP contribution in [0.4, 0.5) is 11.4 Å². The molecule has 1 N–H and O–H groups in total. The quantitative estimate of drug-likeness (QED) is 0.687. The first-order chi connectivity index (χ1) is 8.09. The fourth-order valence-electron chi connectivity index (χ4n) is 1.54. The maximum absolute atomic E-state index is 11.4. The van der Waals surface area contributed by atoms with Crippen LogP contribution in [0.2, 0.25) is 0 Å². The molecule has 0 aliphatic carbocycles. The molecule has 0 heterocycles. The van der Waals surface area contributed by atoms with E-state index in [4.69, 9.17) is 0 Å². The van der Waals surface area contributed by atoms with Gasteiger partial charge in [-0.05, 0) is 24.3 Å². The van der Waals surface area contributed by atoms with Gasteiger partial charge in [-0.2, -0.15) is 8.42 Å². The molecule has 0 bridgehead atoms. The molecule has 0 atom stereocenters. The Morgan fingerprint density at radius 1 is 0.778 bits per heavy atom. The van der Waals surface area contributed by atoms with Gasteiger partial charge in [0, 0.05) is 0 Å². The second kappa shape index (κ2) is 6.36. The summed E-state index contributed by atoms with van der Waals surface area (Å²) in [4.78, 5) is 0. The van der Waals surface area contributed by atoms with Gasteiger partial charge in [-0.1, -0.05) is 36.4 Å². The van der Waals surface area contributed by atoms with Crippen molar-refractivity contribution in [2.24, 2.45) is 0 Å². The molecule has 2 rings (SSSR count). The van der Waals surface area contributed by atoms with Crippen LogP contribution in [0.3, 0.4) is 0 Å². The van der Waals surface area contributed by atoms with Crippen LogP contribution in [0, 0.1) is 0 Å². The molecule has 0 amide bonds. The van der Waals surface area contributed by atoms with Crippen molar-refractivity contribution in [3.8, 4) is 0 Å². The second-order valence-corrected chi connectivity index (χ2v) is 4.67. The van der Waals surface area contributed by atoms with Crippen molar-refractivity contribution in [2.45, 2.75) is 0 Å². The Bertz CT molecular complexity index is 548. The Kier molecular flexibility index (Phi) is 5.37. The molecule has 0 aliphatic rings. The summed E-state index contributed by atoms with van der Waals surface area (Å²) in [5, 5.41) is 0. The Morgan fingerprint density at radius 2 is 1.11 bits per heavy atom. The van der Waals surface area contributed by atoms with E-state index in [1.807, 2.05) is 0 Å². The fourth-order valence-corrected chi connectivity index (χ4v) is 2.32. The van der Waals surface area contributed by atoms with Crippen molar-refractivity contribution in [3.63, 3.8) is 0 Å². The maximum atomic E-state index is 11.4. The molecule has 0 aromatic heterocycles. The molecule has 18 heavy (non-hydrogen) atoms. The minimum atomic E-state index is -4.34. The molecule has 0 aliphatic heterocycles. The number of hydrogen-bond acceptors (Lipinski definition) is 2. The molecule has 0 radical (unpaired) electrons. The minimum absolute atomic E-state index is 0. The van der Waals surface area contributed by atoms with E-state index in [1.54, 1.807) is 60.7 Å². The fraction of sp³-hybridized carbons (Fsp3) is 0. The van der Waals surface area contributed by atoms with Crippen molar-refractivity contribution in [2.75, 3.05) is 4.31 Å². The first kappa shape index (κ1) is 15.2. The van der Waals surface area contributed by atoms with Gasteiger partial charge in [0.2, 0.25) is 0 Å². The zero-order valence-corrected chi connectivity index (χ0v) is 9.71. The number of rotatable bonds is 3. The molecule has 0 saturated carbocycles. The van der Waals surface area contributed by atoms with Gasteiger partial charge in [-0.3, -0.25) is 4.55 Å². The van der Waals surface area contributed by atoms with Gasteiger partial charge in [0.15, 0.2) is 0 Å². The molecule has 2 aromatic carbocycles. The van der Waals surface area contributed by atoms with E-state index in [1.165, 1.54) is 0 Å². The van der Waals surface area contributed by atoms with E-state index >= 15 is 0 Å². The second-order valence-electron chi connectivity index (χ2n) is 3.41. The number of para-hydroxylation sites is 2. The third-order valence-corrected chi connectivity index (χ3v) is 3.10. The van der Waals surface area contributed by atoms with Crippen molar-refractivity contribution in [3.05, 3.63) is 60.7 Å². The number of benzene rings is 2. The van der Waals surface area contributed by atoms with E-state index in [2.05, 4.69) is 0 Å². The van der Waals surface area contributed by atoms with Crippen LogP contribution < -0.4 is 4.31 Å². The van der Waals surface area contributed by atoms with Gasteiger partial charge in [-0.15, -0.1) is 0 Å². The summed E-state index contributed by atoms with van der Waals surface area (Å²) in [6.45, 7) is 0. The van der Waals surface area contributed by atoms with E-state index in [0.29, 0.717) is 11.4 Å². The van der Waals surface area contributed by atoms with Crippen molar-refractivity contribution >= 4 is 51.2 Å². The molecule has 0 spiro atoms. The van der Waals surface area contributed by atoms with Crippen LogP contribution in [0.25, 0.3) is 0 Å². The summed E-state index contributed by atoms with van der Waals surface area (Å²) in [6.07, 6.45) is 0. The molecule has 0 fully saturated rings. The van der Waals surface area contributed by atoms with Crippen LogP contribution in [0.15, 0.2) is 60.7 Å². The van der Waals surface area contributed by atoms with Crippen LogP contribution >= 0.6 is 0 Å². The molecule has 0 saturated heterocycles. The van der Waals surface area contributed by atoms with Gasteiger partial charge in [0.25, 0.3) is 0 Å². The Balaban J connectivity index is 0.00000162. The molecule has 6 heteroatoms. The summed E-state index contributed by atoms with van der Waals surface area (Å²) in [5.41, 5.74) is 0.780. The third kappa shape index (κ3) is 3.57. The van der Waals surface area contributed by atoms with Gasteiger partial charge in [0.1, 0.15) is 0 Å². The zero-order chi connectivity index (χ0) is 12.3. The average Bonchev–Trinajstić information content (AvgIpc) is 2.30. The van der Waals surface area contributed by atoms with Crippen LogP contribution in [0.1, 0.15) is 0 Å². The summed E-state index contributed by atoms with van der Waals surface area (Å²) in [7, 11) is -4.34. The third-order valence-electron chi connectivity index (χ3n) is 2.21. The van der Waals surface area contributed by atoms with Gasteiger partial charge in [0.05, 0.1) is 11.4 Å². The van der Waals surface area contributed by atoms with E-state index in [-0.39, 0.29) is 29.6 Å². The van der Waals surface area contributed by atoms with E-state index in [9.17, 15) is 13.0 Å². The predicted molar refractivity (Wildman–Crippen MR) is 73.7 cm³/mol. The number of anilines is 2. The van der Waals surface area contributed by atoms with Crippen molar-refractivity contribution in [1.82, 2.24) is 0 Å². The molecule has 0 unspecified atom stereocenters. The Morgan fingerprint density at radius 3 is 1.39 bits per heavy atom. The van der Waals surface area contributed by atoms with Gasteiger partial charge >= 0.3 is 39.9 Å². The summed E-state index contributed by atoms with van der Waals surface area (Å²) in [6, 6.07) is 16.8. The molecular formula is C12H12NNaO3S. The average molecular weight is 273 g/mol. The Hall–Kier alpha value is -0.850. The number of hydrogen-bond donors (Lipinski definition) is 1. The van der Waals surface area contributed by atoms with Crippen molar-refractivity contribution < 1.29 is 13.0 Å². The molecule has 2 aromatic rings. The SMILES string of the molecule is O=S(=O)(O)N(c1ccccc1)c1ccccc1.[NaH]. The first-order valence-corrected chi connectivity index (χ1v) is 6.36. The Labute approximate surface area is 128 Å². The monoisotopic (exact) mass is 273 g/mol. The normalized spacial score (nSPS) is 10.5. The summed E-state index contributed by atoms with van der Waals surface area (Å²) < 4.78 is 33.0. The van der Waals surface area contributed by atoms with Crippen molar-refractivity contribution in [1.29, 1.82) is 0 Å².